The van der Waals surface area contributed by atoms with Gasteiger partial charge < -0.3 is 4.42 Å². The van der Waals surface area contributed by atoms with E-state index in [1.54, 1.807) is 23.5 Å². The number of nitrogens with zero attached hydrogens (tertiary/aromatic N) is 2. The number of aromatic nitrogens is 2. The summed E-state index contributed by atoms with van der Waals surface area (Å²) in [5.74, 6) is 0.108. The van der Waals surface area contributed by atoms with Gasteiger partial charge in [-0.2, -0.15) is 11.3 Å². The summed E-state index contributed by atoms with van der Waals surface area (Å²) in [6, 6.07) is 19.7. The van der Waals surface area contributed by atoms with Crippen LogP contribution in [0.3, 0.4) is 0 Å². The van der Waals surface area contributed by atoms with Crippen LogP contribution in [0, 0.1) is 0 Å². The SMILES string of the molecule is O=C(Nc1nnc(-c2ccsc2)o1)c1ccc(Cc2ccccc2)cc1. The van der Waals surface area contributed by atoms with E-state index in [2.05, 4.69) is 27.6 Å². The first kappa shape index (κ1) is 16.2. The number of amides is 1. The lowest BCUT2D eigenvalue weighted by Gasteiger charge is -2.04. The summed E-state index contributed by atoms with van der Waals surface area (Å²) in [5, 5.41) is 14.3. The van der Waals surface area contributed by atoms with Crippen molar-refractivity contribution in [1.29, 1.82) is 0 Å². The van der Waals surface area contributed by atoms with Gasteiger partial charge >= 0.3 is 6.01 Å². The van der Waals surface area contributed by atoms with E-state index < -0.39 is 0 Å². The van der Waals surface area contributed by atoms with Crippen LogP contribution in [0.1, 0.15) is 21.5 Å². The normalized spacial score (nSPS) is 10.6. The molecule has 0 unspecified atom stereocenters. The lowest BCUT2D eigenvalue weighted by atomic mass is 10.0. The lowest BCUT2D eigenvalue weighted by molar-refractivity contribution is 0.102. The maximum Gasteiger partial charge on any atom is 0.322 e. The van der Waals surface area contributed by atoms with E-state index in [1.807, 2.05) is 47.2 Å². The number of carbonyl (C=O) groups is 1. The fourth-order valence-electron chi connectivity index (χ4n) is 2.55. The topological polar surface area (TPSA) is 68.0 Å². The molecule has 4 rings (SSSR count). The van der Waals surface area contributed by atoms with Gasteiger partial charge in [-0.05, 0) is 41.1 Å². The van der Waals surface area contributed by atoms with E-state index in [9.17, 15) is 4.79 Å². The Balaban J connectivity index is 1.42. The van der Waals surface area contributed by atoms with Crippen LogP contribution in [-0.4, -0.2) is 16.1 Å². The van der Waals surface area contributed by atoms with Crippen LogP contribution >= 0.6 is 11.3 Å². The highest BCUT2D eigenvalue weighted by Crippen LogP contribution is 2.22. The smallest absolute Gasteiger partial charge is 0.322 e. The Bertz CT molecular complexity index is 993. The predicted octanol–water partition coefficient (Wildman–Crippen LogP) is 4.64. The summed E-state index contributed by atoms with van der Waals surface area (Å²) in [7, 11) is 0. The molecule has 26 heavy (non-hydrogen) atoms. The summed E-state index contributed by atoms with van der Waals surface area (Å²) in [5.41, 5.74) is 3.76. The summed E-state index contributed by atoms with van der Waals surface area (Å²) >= 11 is 1.54. The monoisotopic (exact) mass is 361 g/mol. The lowest BCUT2D eigenvalue weighted by Crippen LogP contribution is -2.12. The molecule has 2 aromatic carbocycles. The van der Waals surface area contributed by atoms with Gasteiger partial charge in [0.05, 0.1) is 0 Å². The Morgan fingerprint density at radius 1 is 0.962 bits per heavy atom. The van der Waals surface area contributed by atoms with Gasteiger partial charge in [0, 0.05) is 16.5 Å². The van der Waals surface area contributed by atoms with Crippen LogP contribution in [0.2, 0.25) is 0 Å². The molecule has 2 heterocycles. The van der Waals surface area contributed by atoms with Crippen LogP contribution in [-0.2, 0) is 6.42 Å². The largest absolute Gasteiger partial charge is 0.403 e. The molecule has 0 radical (unpaired) electrons. The zero-order valence-corrected chi connectivity index (χ0v) is 14.6. The molecule has 0 saturated carbocycles. The van der Waals surface area contributed by atoms with Gasteiger partial charge in [0.1, 0.15) is 0 Å². The summed E-state index contributed by atoms with van der Waals surface area (Å²) in [6.07, 6.45) is 0.830. The van der Waals surface area contributed by atoms with Crippen molar-refractivity contribution < 1.29 is 9.21 Å². The van der Waals surface area contributed by atoms with Gasteiger partial charge in [-0.15, -0.1) is 5.10 Å². The Morgan fingerprint density at radius 3 is 2.46 bits per heavy atom. The molecule has 0 fully saturated rings. The highest BCUT2D eigenvalue weighted by molar-refractivity contribution is 7.08. The molecule has 0 saturated heterocycles. The predicted molar refractivity (Wildman–Crippen MR) is 101 cm³/mol. The molecule has 5 nitrogen and oxygen atoms in total. The molecule has 0 bridgehead atoms. The summed E-state index contributed by atoms with van der Waals surface area (Å²) < 4.78 is 5.48. The maximum atomic E-state index is 12.3. The minimum atomic E-state index is -0.281. The average Bonchev–Trinajstić information content (AvgIpc) is 3.35. The number of nitrogens with one attached hydrogen (secondary N) is 1. The van der Waals surface area contributed by atoms with Gasteiger partial charge in [0.25, 0.3) is 11.8 Å². The molecule has 0 spiro atoms. The summed E-state index contributed by atoms with van der Waals surface area (Å²) in [6.45, 7) is 0. The van der Waals surface area contributed by atoms with Gasteiger partial charge in [0.15, 0.2) is 0 Å². The minimum Gasteiger partial charge on any atom is -0.403 e. The Labute approximate surface area is 154 Å². The average molecular weight is 361 g/mol. The van der Waals surface area contributed by atoms with Crippen molar-refractivity contribution in [3.63, 3.8) is 0 Å². The van der Waals surface area contributed by atoms with E-state index in [0.29, 0.717) is 11.5 Å². The number of rotatable bonds is 5. The second-order valence-electron chi connectivity index (χ2n) is 5.74. The quantitative estimate of drug-likeness (QED) is 0.562. The molecule has 1 N–H and O–H groups in total. The third-order valence-electron chi connectivity index (χ3n) is 3.88. The first-order valence-electron chi connectivity index (χ1n) is 8.08. The van der Waals surface area contributed by atoms with Crippen LogP contribution in [0.5, 0.6) is 0 Å². The number of hydrogen-bond donors (Lipinski definition) is 1. The van der Waals surface area contributed by atoms with Crippen molar-refractivity contribution in [2.45, 2.75) is 6.42 Å². The molecule has 0 aliphatic carbocycles. The van der Waals surface area contributed by atoms with E-state index in [1.165, 1.54) is 5.56 Å². The number of anilines is 1. The fourth-order valence-corrected chi connectivity index (χ4v) is 3.18. The van der Waals surface area contributed by atoms with E-state index in [-0.39, 0.29) is 11.9 Å². The van der Waals surface area contributed by atoms with Gasteiger partial charge in [0.2, 0.25) is 0 Å². The molecule has 0 aliphatic rings. The Kier molecular flexibility index (Phi) is 4.57. The molecule has 0 aliphatic heterocycles. The molecular weight excluding hydrogens is 346 g/mol. The van der Waals surface area contributed by atoms with Gasteiger partial charge in [-0.3, -0.25) is 10.1 Å². The van der Waals surface area contributed by atoms with E-state index >= 15 is 0 Å². The minimum absolute atomic E-state index is 0.0876. The van der Waals surface area contributed by atoms with Crippen LogP contribution in [0.15, 0.2) is 75.8 Å². The first-order chi connectivity index (χ1) is 12.8. The molecular formula is C20H15N3O2S. The van der Waals surface area contributed by atoms with Crippen LogP contribution in [0.4, 0.5) is 6.01 Å². The zero-order valence-electron chi connectivity index (χ0n) is 13.8. The van der Waals surface area contributed by atoms with E-state index in [0.717, 1.165) is 17.5 Å². The van der Waals surface area contributed by atoms with E-state index in [4.69, 9.17) is 4.42 Å². The van der Waals surface area contributed by atoms with Crippen molar-refractivity contribution in [2.75, 3.05) is 5.32 Å². The second kappa shape index (κ2) is 7.33. The Hall–Kier alpha value is -3.25. The maximum absolute atomic E-state index is 12.3. The fraction of sp³-hybridized carbons (Fsp3) is 0.0500. The van der Waals surface area contributed by atoms with Gasteiger partial charge in [-0.1, -0.05) is 47.6 Å². The number of thiophene rings is 1. The van der Waals surface area contributed by atoms with Crippen LogP contribution < -0.4 is 5.32 Å². The molecule has 4 aromatic rings. The standard InChI is InChI=1S/C20H15N3O2S/c24-18(21-20-23-22-19(25-20)17-10-11-26-13-17)16-8-6-15(7-9-16)12-14-4-2-1-3-5-14/h1-11,13H,12H2,(H,21,23,24). The number of hydrogen-bond acceptors (Lipinski definition) is 5. The third-order valence-corrected chi connectivity index (χ3v) is 4.56. The van der Waals surface area contributed by atoms with Crippen molar-refractivity contribution in [3.8, 4) is 11.5 Å². The van der Waals surface area contributed by atoms with Gasteiger partial charge in [-0.25, -0.2) is 0 Å². The van der Waals surface area contributed by atoms with Crippen LogP contribution in [0.25, 0.3) is 11.5 Å². The first-order valence-corrected chi connectivity index (χ1v) is 9.02. The third kappa shape index (κ3) is 3.70. The van der Waals surface area contributed by atoms with Crippen molar-refractivity contribution in [2.24, 2.45) is 0 Å². The molecule has 128 valence electrons. The highest BCUT2D eigenvalue weighted by atomic mass is 32.1. The Morgan fingerprint density at radius 2 is 1.73 bits per heavy atom. The second-order valence-corrected chi connectivity index (χ2v) is 6.52. The molecule has 6 heteroatoms. The molecule has 1 amide bonds. The molecule has 0 atom stereocenters. The summed E-state index contributed by atoms with van der Waals surface area (Å²) in [4.78, 5) is 12.3. The van der Waals surface area contributed by atoms with Crippen molar-refractivity contribution in [1.82, 2.24) is 10.2 Å². The number of carbonyl (C=O) groups excluding carboxylic acids is 1. The highest BCUT2D eigenvalue weighted by Gasteiger charge is 2.13. The number of benzene rings is 2. The molecule has 2 aromatic heterocycles. The van der Waals surface area contributed by atoms with Crippen molar-refractivity contribution in [3.05, 3.63) is 88.1 Å². The zero-order chi connectivity index (χ0) is 17.8. The van der Waals surface area contributed by atoms with Crippen molar-refractivity contribution >= 4 is 23.3 Å².